The summed E-state index contributed by atoms with van der Waals surface area (Å²) in [5.41, 5.74) is 0. The van der Waals surface area contributed by atoms with Gasteiger partial charge in [0.25, 0.3) is 0 Å². The smallest absolute Gasteiger partial charge is 0.321 e. The molecule has 1 aliphatic carbocycles. The molecule has 5 nitrogen and oxygen atoms in total. The van der Waals surface area contributed by atoms with Gasteiger partial charge in [-0.15, -0.1) is 10.2 Å². The number of rotatable bonds is 2. The zero-order valence-corrected chi connectivity index (χ0v) is 11.2. The van der Waals surface area contributed by atoms with Crippen molar-refractivity contribution in [2.24, 2.45) is 5.92 Å². The lowest BCUT2D eigenvalue weighted by Gasteiger charge is -2.44. The highest BCUT2D eigenvalue weighted by Crippen LogP contribution is 2.39. The van der Waals surface area contributed by atoms with Crippen LogP contribution in [0.25, 0.3) is 0 Å². The second kappa shape index (κ2) is 4.45. The Morgan fingerprint density at radius 2 is 2.41 bits per heavy atom. The van der Waals surface area contributed by atoms with E-state index < -0.39 is 0 Å². The van der Waals surface area contributed by atoms with Gasteiger partial charge in [-0.05, 0) is 25.0 Å². The van der Waals surface area contributed by atoms with Crippen molar-refractivity contribution in [1.82, 2.24) is 15.1 Å². The Hall–Kier alpha value is -0.820. The lowest BCUT2D eigenvalue weighted by Crippen LogP contribution is -2.57. The van der Waals surface area contributed by atoms with Crippen LogP contribution in [0.15, 0.2) is 4.34 Å². The van der Waals surface area contributed by atoms with Crippen molar-refractivity contribution in [3.63, 3.8) is 0 Å². The Morgan fingerprint density at radius 3 is 3.12 bits per heavy atom. The maximum atomic E-state index is 12.0. The second-order valence-electron chi connectivity index (χ2n) is 4.42. The fourth-order valence-corrected chi connectivity index (χ4v) is 3.79. The van der Waals surface area contributed by atoms with Gasteiger partial charge in [-0.2, -0.15) is 0 Å². The average molecular weight is 270 g/mol. The van der Waals surface area contributed by atoms with Gasteiger partial charge < -0.3 is 4.90 Å². The molecule has 92 valence electrons. The van der Waals surface area contributed by atoms with E-state index in [1.165, 1.54) is 24.2 Å². The molecule has 2 fully saturated rings. The van der Waals surface area contributed by atoms with E-state index in [-0.39, 0.29) is 6.03 Å². The van der Waals surface area contributed by atoms with Crippen molar-refractivity contribution in [2.75, 3.05) is 18.1 Å². The standard InChI is InChI=1S/C10H14N4OS2/c1-16-10-13-12-8(17-10)11-9(15)14-5-6-3-2-4-7(6)14/h6-7H,2-5H2,1H3,(H,11,12,15). The summed E-state index contributed by atoms with van der Waals surface area (Å²) >= 11 is 2.96. The third kappa shape index (κ3) is 2.01. The van der Waals surface area contributed by atoms with Crippen molar-refractivity contribution >= 4 is 34.3 Å². The predicted octanol–water partition coefficient (Wildman–Crippen LogP) is 2.28. The molecule has 1 aliphatic heterocycles. The van der Waals surface area contributed by atoms with Crippen LogP contribution in [0.5, 0.6) is 0 Å². The van der Waals surface area contributed by atoms with E-state index in [1.807, 2.05) is 11.2 Å². The van der Waals surface area contributed by atoms with E-state index in [9.17, 15) is 4.79 Å². The molecule has 0 spiro atoms. The van der Waals surface area contributed by atoms with Gasteiger partial charge in [-0.25, -0.2) is 4.79 Å². The largest absolute Gasteiger partial charge is 0.323 e. The molecule has 1 saturated carbocycles. The van der Waals surface area contributed by atoms with Crippen molar-refractivity contribution in [1.29, 1.82) is 0 Å². The normalized spacial score (nSPS) is 26.5. The van der Waals surface area contributed by atoms with Crippen molar-refractivity contribution < 1.29 is 4.79 Å². The minimum Gasteiger partial charge on any atom is -0.321 e. The van der Waals surface area contributed by atoms with Crippen LogP contribution in [0.1, 0.15) is 19.3 Å². The molecule has 1 aromatic rings. The fourth-order valence-electron chi connectivity index (χ4n) is 2.63. The van der Waals surface area contributed by atoms with Gasteiger partial charge in [0.1, 0.15) is 0 Å². The van der Waals surface area contributed by atoms with Gasteiger partial charge in [-0.1, -0.05) is 29.5 Å². The van der Waals surface area contributed by atoms with Gasteiger partial charge in [0.05, 0.1) is 0 Å². The molecule has 0 radical (unpaired) electrons. The monoisotopic (exact) mass is 270 g/mol. The molecule has 7 heteroatoms. The minimum atomic E-state index is -0.0167. The maximum Gasteiger partial charge on any atom is 0.323 e. The van der Waals surface area contributed by atoms with E-state index >= 15 is 0 Å². The van der Waals surface area contributed by atoms with E-state index in [2.05, 4.69) is 15.5 Å². The first-order valence-corrected chi connectivity index (χ1v) is 7.77. The lowest BCUT2D eigenvalue weighted by atomic mass is 9.93. The number of nitrogens with zero attached hydrogens (tertiary/aromatic N) is 3. The molecule has 1 saturated heterocycles. The SMILES string of the molecule is CSc1nnc(NC(=O)N2CC3CCCC32)s1. The van der Waals surface area contributed by atoms with Gasteiger partial charge >= 0.3 is 6.03 Å². The fraction of sp³-hybridized carbons (Fsp3) is 0.700. The number of anilines is 1. The number of fused-ring (bicyclic) bond motifs is 1. The lowest BCUT2D eigenvalue weighted by molar-refractivity contribution is 0.0797. The van der Waals surface area contributed by atoms with Crippen LogP contribution in [0.4, 0.5) is 9.93 Å². The third-order valence-corrected chi connectivity index (χ3v) is 5.32. The molecule has 17 heavy (non-hydrogen) atoms. The molecule has 2 unspecified atom stereocenters. The van der Waals surface area contributed by atoms with Crippen LogP contribution in [-0.2, 0) is 0 Å². The molecule has 2 atom stereocenters. The summed E-state index contributed by atoms with van der Waals surface area (Å²) in [6.45, 7) is 0.907. The van der Waals surface area contributed by atoms with E-state index in [4.69, 9.17) is 0 Å². The molecule has 2 amide bonds. The molecule has 1 aromatic heterocycles. The highest BCUT2D eigenvalue weighted by atomic mass is 32.2. The first-order valence-electron chi connectivity index (χ1n) is 5.73. The van der Waals surface area contributed by atoms with Crippen molar-refractivity contribution in [3.05, 3.63) is 0 Å². The molecule has 3 rings (SSSR count). The Kier molecular flexibility index (Phi) is 2.96. The van der Waals surface area contributed by atoms with Gasteiger partial charge in [0.2, 0.25) is 5.13 Å². The van der Waals surface area contributed by atoms with Gasteiger partial charge in [-0.3, -0.25) is 5.32 Å². The van der Waals surface area contributed by atoms with Gasteiger partial charge in [0.15, 0.2) is 4.34 Å². The number of hydrogen-bond donors (Lipinski definition) is 1. The van der Waals surface area contributed by atoms with Crippen molar-refractivity contribution in [3.8, 4) is 0 Å². The summed E-state index contributed by atoms with van der Waals surface area (Å²) in [6, 6.07) is 0.458. The quantitative estimate of drug-likeness (QED) is 0.661. The van der Waals surface area contributed by atoms with E-state index in [0.717, 1.165) is 23.2 Å². The van der Waals surface area contributed by atoms with Crippen LogP contribution >= 0.6 is 23.1 Å². The van der Waals surface area contributed by atoms with Crippen LogP contribution in [-0.4, -0.2) is 40.0 Å². The van der Waals surface area contributed by atoms with E-state index in [0.29, 0.717) is 11.2 Å². The summed E-state index contributed by atoms with van der Waals surface area (Å²) in [6.07, 6.45) is 5.65. The molecular weight excluding hydrogens is 256 g/mol. The highest BCUT2D eigenvalue weighted by molar-refractivity contribution is 8.00. The topological polar surface area (TPSA) is 58.1 Å². The number of thioether (sulfide) groups is 1. The number of hydrogen-bond acceptors (Lipinski definition) is 5. The summed E-state index contributed by atoms with van der Waals surface area (Å²) in [7, 11) is 0. The van der Waals surface area contributed by atoms with Crippen LogP contribution in [0.2, 0.25) is 0 Å². The van der Waals surface area contributed by atoms with Crippen molar-refractivity contribution in [2.45, 2.75) is 29.6 Å². The minimum absolute atomic E-state index is 0.0167. The number of amides is 2. The number of likely N-dealkylation sites (tertiary alicyclic amines) is 1. The number of carbonyl (C=O) groups is 1. The zero-order chi connectivity index (χ0) is 11.8. The molecule has 1 N–H and O–H groups in total. The number of urea groups is 1. The second-order valence-corrected chi connectivity index (χ2v) is 6.45. The highest BCUT2D eigenvalue weighted by Gasteiger charge is 2.44. The predicted molar refractivity (Wildman–Crippen MR) is 68.5 cm³/mol. The first-order chi connectivity index (χ1) is 8.28. The van der Waals surface area contributed by atoms with Crippen LogP contribution in [0.3, 0.4) is 0 Å². The Balaban J connectivity index is 1.60. The Bertz CT molecular complexity index is 436. The third-order valence-electron chi connectivity index (χ3n) is 3.51. The number of aromatic nitrogens is 2. The summed E-state index contributed by atoms with van der Waals surface area (Å²) in [4.78, 5) is 13.9. The number of carbonyl (C=O) groups excluding carboxylic acids is 1. The van der Waals surface area contributed by atoms with Crippen LogP contribution < -0.4 is 5.32 Å². The number of nitrogens with one attached hydrogen (secondary N) is 1. The first kappa shape index (κ1) is 11.3. The molecule has 0 aromatic carbocycles. The molecule has 2 heterocycles. The van der Waals surface area contributed by atoms with Crippen LogP contribution in [0, 0.1) is 5.92 Å². The molecule has 2 aliphatic rings. The van der Waals surface area contributed by atoms with Gasteiger partial charge in [0, 0.05) is 12.6 Å². The average Bonchev–Trinajstić information content (AvgIpc) is 2.87. The molecule has 0 bridgehead atoms. The molecular formula is C10H14N4OS2. The summed E-state index contributed by atoms with van der Waals surface area (Å²) < 4.78 is 0.877. The summed E-state index contributed by atoms with van der Waals surface area (Å²) in [5, 5.41) is 11.3. The zero-order valence-electron chi connectivity index (χ0n) is 9.55. The Labute approximate surface area is 108 Å². The van der Waals surface area contributed by atoms with E-state index in [1.54, 1.807) is 11.8 Å². The maximum absolute atomic E-state index is 12.0. The summed E-state index contributed by atoms with van der Waals surface area (Å²) in [5.74, 6) is 0.747. The Morgan fingerprint density at radius 1 is 1.53 bits per heavy atom.